The molecule has 0 unspecified atom stereocenters. The number of benzene rings is 2. The Hall–Kier alpha value is -3.40. The predicted octanol–water partition coefficient (Wildman–Crippen LogP) is 4.59. The number of carbonyl (C=O) groups is 1. The van der Waals surface area contributed by atoms with Crippen LogP contribution in [0.25, 0.3) is 16.8 Å². The van der Waals surface area contributed by atoms with Crippen LogP contribution in [0.2, 0.25) is 0 Å². The van der Waals surface area contributed by atoms with E-state index in [-0.39, 0.29) is 5.91 Å². The van der Waals surface area contributed by atoms with Crippen molar-refractivity contribution in [3.8, 4) is 11.1 Å². The molecule has 28 heavy (non-hydrogen) atoms. The van der Waals surface area contributed by atoms with E-state index < -0.39 is 0 Å². The highest BCUT2D eigenvalue weighted by Crippen LogP contribution is 2.20. The molecule has 0 bridgehead atoms. The summed E-state index contributed by atoms with van der Waals surface area (Å²) < 4.78 is 2.03. The molecule has 4 heteroatoms. The molecule has 0 aliphatic heterocycles. The van der Waals surface area contributed by atoms with Crippen molar-refractivity contribution in [2.24, 2.45) is 0 Å². The Morgan fingerprint density at radius 2 is 1.64 bits per heavy atom. The first-order valence-electron chi connectivity index (χ1n) is 9.57. The van der Waals surface area contributed by atoms with Gasteiger partial charge in [0.05, 0.1) is 24.9 Å². The van der Waals surface area contributed by atoms with Crippen LogP contribution in [0.3, 0.4) is 0 Å². The minimum atomic E-state index is 0.126. The van der Waals surface area contributed by atoms with Gasteiger partial charge in [-0.05, 0) is 35.7 Å². The summed E-state index contributed by atoms with van der Waals surface area (Å²) in [5.74, 6) is 0.126. The molecule has 1 amide bonds. The Balaban J connectivity index is 1.45. The van der Waals surface area contributed by atoms with Gasteiger partial charge in [0, 0.05) is 12.7 Å². The minimum absolute atomic E-state index is 0.126. The van der Waals surface area contributed by atoms with Gasteiger partial charge in [-0.2, -0.15) is 0 Å². The van der Waals surface area contributed by atoms with E-state index in [0.29, 0.717) is 19.5 Å². The topological polar surface area (TPSA) is 37.6 Å². The van der Waals surface area contributed by atoms with Gasteiger partial charge >= 0.3 is 0 Å². The quantitative estimate of drug-likeness (QED) is 0.498. The molecular formula is C24H23N3O. The number of likely N-dealkylation sites (N-methyl/N-ethyl adjacent to an activating group) is 1. The summed E-state index contributed by atoms with van der Waals surface area (Å²) in [7, 11) is 0. The molecule has 0 atom stereocenters. The van der Waals surface area contributed by atoms with E-state index in [1.54, 1.807) is 0 Å². The fourth-order valence-corrected chi connectivity index (χ4v) is 3.41. The standard InChI is InChI=1S/C24H23N3O/c1-2-26(18-22-17-25-23-10-6-7-15-27(22)23)24(28)16-19-11-13-21(14-12-19)20-8-4-3-5-9-20/h3-15,17H,2,16,18H2,1H3. The normalized spacial score (nSPS) is 10.9. The zero-order valence-electron chi connectivity index (χ0n) is 16.0. The molecule has 4 rings (SSSR count). The van der Waals surface area contributed by atoms with Crippen LogP contribution in [0.15, 0.2) is 85.2 Å². The summed E-state index contributed by atoms with van der Waals surface area (Å²) in [4.78, 5) is 19.1. The van der Waals surface area contributed by atoms with E-state index in [1.807, 2.05) is 77.1 Å². The number of carbonyl (C=O) groups excluding carboxylic acids is 1. The SMILES string of the molecule is CCN(Cc1cnc2ccccn12)C(=O)Cc1ccc(-c2ccccc2)cc1. The summed E-state index contributed by atoms with van der Waals surface area (Å²) >= 11 is 0. The smallest absolute Gasteiger partial charge is 0.227 e. The Morgan fingerprint density at radius 3 is 2.39 bits per heavy atom. The van der Waals surface area contributed by atoms with Crippen LogP contribution in [-0.4, -0.2) is 26.7 Å². The highest BCUT2D eigenvalue weighted by Gasteiger charge is 2.15. The lowest BCUT2D eigenvalue weighted by Gasteiger charge is -2.21. The van der Waals surface area contributed by atoms with Gasteiger partial charge in [-0.25, -0.2) is 4.98 Å². The maximum absolute atomic E-state index is 12.9. The average Bonchev–Trinajstić information content (AvgIpc) is 3.16. The van der Waals surface area contributed by atoms with Crippen LogP contribution < -0.4 is 0 Å². The van der Waals surface area contributed by atoms with Gasteiger partial charge in [-0.15, -0.1) is 0 Å². The van der Waals surface area contributed by atoms with E-state index in [9.17, 15) is 4.79 Å². The first kappa shape index (κ1) is 18.0. The summed E-state index contributed by atoms with van der Waals surface area (Å²) in [6, 6.07) is 24.4. The second kappa shape index (κ2) is 8.09. The number of hydrogen-bond acceptors (Lipinski definition) is 2. The van der Waals surface area contributed by atoms with Gasteiger partial charge in [0.25, 0.3) is 0 Å². The number of rotatable bonds is 6. The van der Waals surface area contributed by atoms with Crippen LogP contribution in [0.4, 0.5) is 0 Å². The fourth-order valence-electron chi connectivity index (χ4n) is 3.41. The number of imidazole rings is 1. The van der Waals surface area contributed by atoms with Gasteiger partial charge < -0.3 is 9.30 Å². The number of pyridine rings is 1. The lowest BCUT2D eigenvalue weighted by atomic mass is 10.0. The van der Waals surface area contributed by atoms with Gasteiger partial charge in [-0.1, -0.05) is 60.7 Å². The van der Waals surface area contributed by atoms with E-state index in [4.69, 9.17) is 0 Å². The van der Waals surface area contributed by atoms with Crippen molar-refractivity contribution in [3.05, 3.63) is 96.4 Å². The molecule has 2 heterocycles. The third kappa shape index (κ3) is 3.81. The van der Waals surface area contributed by atoms with E-state index in [1.165, 1.54) is 5.56 Å². The van der Waals surface area contributed by atoms with Crippen molar-refractivity contribution >= 4 is 11.6 Å². The number of nitrogens with zero attached hydrogens (tertiary/aromatic N) is 3. The molecule has 2 aromatic carbocycles. The largest absolute Gasteiger partial charge is 0.337 e. The van der Waals surface area contributed by atoms with Crippen LogP contribution in [0.5, 0.6) is 0 Å². The van der Waals surface area contributed by atoms with Crippen LogP contribution in [-0.2, 0) is 17.8 Å². The minimum Gasteiger partial charge on any atom is -0.337 e. The third-order valence-electron chi connectivity index (χ3n) is 5.00. The van der Waals surface area contributed by atoms with Crippen LogP contribution >= 0.6 is 0 Å². The van der Waals surface area contributed by atoms with E-state index in [0.717, 1.165) is 22.5 Å². The molecule has 0 N–H and O–H groups in total. The molecule has 0 spiro atoms. The zero-order valence-corrected chi connectivity index (χ0v) is 16.0. The van der Waals surface area contributed by atoms with Gasteiger partial charge in [0.15, 0.2) is 0 Å². The number of fused-ring (bicyclic) bond motifs is 1. The number of aromatic nitrogens is 2. The van der Waals surface area contributed by atoms with Crippen LogP contribution in [0.1, 0.15) is 18.2 Å². The summed E-state index contributed by atoms with van der Waals surface area (Å²) in [5.41, 5.74) is 5.29. The lowest BCUT2D eigenvalue weighted by Crippen LogP contribution is -2.32. The van der Waals surface area contributed by atoms with Crippen molar-refractivity contribution < 1.29 is 4.79 Å². The Kier molecular flexibility index (Phi) is 5.20. The van der Waals surface area contributed by atoms with E-state index >= 15 is 0 Å². The fraction of sp³-hybridized carbons (Fsp3) is 0.167. The second-order valence-corrected chi connectivity index (χ2v) is 6.83. The molecule has 4 nitrogen and oxygen atoms in total. The molecule has 0 saturated carbocycles. The monoisotopic (exact) mass is 369 g/mol. The Bertz CT molecular complexity index is 1070. The summed E-state index contributed by atoms with van der Waals surface area (Å²) in [6.07, 6.45) is 4.23. The predicted molar refractivity (Wildman–Crippen MR) is 112 cm³/mol. The van der Waals surface area contributed by atoms with Gasteiger partial charge in [0.1, 0.15) is 5.65 Å². The molecule has 4 aromatic rings. The molecule has 2 aromatic heterocycles. The molecule has 0 saturated heterocycles. The molecule has 0 aliphatic carbocycles. The Labute approximate surface area is 165 Å². The van der Waals surface area contributed by atoms with Crippen LogP contribution in [0, 0.1) is 0 Å². The molecule has 140 valence electrons. The maximum atomic E-state index is 12.9. The Morgan fingerprint density at radius 1 is 0.929 bits per heavy atom. The van der Waals surface area contributed by atoms with Crippen molar-refractivity contribution in [2.75, 3.05) is 6.54 Å². The molecule has 0 aliphatic rings. The van der Waals surface area contributed by atoms with Crippen molar-refractivity contribution in [1.82, 2.24) is 14.3 Å². The summed E-state index contributed by atoms with van der Waals surface area (Å²) in [5, 5.41) is 0. The third-order valence-corrected chi connectivity index (χ3v) is 5.00. The number of hydrogen-bond donors (Lipinski definition) is 0. The average molecular weight is 369 g/mol. The van der Waals surface area contributed by atoms with Crippen molar-refractivity contribution in [2.45, 2.75) is 19.9 Å². The zero-order chi connectivity index (χ0) is 19.3. The molecule has 0 fully saturated rings. The molecule has 0 radical (unpaired) electrons. The van der Waals surface area contributed by atoms with Crippen molar-refractivity contribution in [3.63, 3.8) is 0 Å². The maximum Gasteiger partial charge on any atom is 0.227 e. The van der Waals surface area contributed by atoms with Gasteiger partial charge in [0.2, 0.25) is 5.91 Å². The number of amides is 1. The lowest BCUT2D eigenvalue weighted by molar-refractivity contribution is -0.130. The molecular weight excluding hydrogens is 346 g/mol. The first-order chi connectivity index (χ1) is 13.7. The first-order valence-corrected chi connectivity index (χ1v) is 9.57. The highest BCUT2D eigenvalue weighted by molar-refractivity contribution is 5.79. The highest BCUT2D eigenvalue weighted by atomic mass is 16.2. The van der Waals surface area contributed by atoms with Crippen molar-refractivity contribution in [1.29, 1.82) is 0 Å². The summed E-state index contributed by atoms with van der Waals surface area (Å²) in [6.45, 7) is 3.24. The van der Waals surface area contributed by atoms with Gasteiger partial charge in [-0.3, -0.25) is 4.79 Å². The van der Waals surface area contributed by atoms with E-state index in [2.05, 4.69) is 29.2 Å². The second-order valence-electron chi connectivity index (χ2n) is 6.83.